The average Bonchev–Trinajstić information content (AvgIpc) is 3.32. The molecule has 0 aliphatic heterocycles. The number of nitrogens with zero attached hydrogens (tertiary/aromatic N) is 2. The molecule has 0 atom stereocenters. The van der Waals surface area contributed by atoms with Gasteiger partial charge < -0.3 is 16.0 Å². The van der Waals surface area contributed by atoms with Gasteiger partial charge in [-0.05, 0) is 41.1 Å². The van der Waals surface area contributed by atoms with E-state index in [4.69, 9.17) is 0 Å². The molecule has 3 N–H and O–H groups in total. The Hall–Kier alpha value is -3.69. The van der Waals surface area contributed by atoms with Gasteiger partial charge in [0.1, 0.15) is 5.69 Å². The molecule has 182 valence electrons. The second kappa shape index (κ2) is 10.7. The van der Waals surface area contributed by atoms with E-state index >= 15 is 0 Å². The minimum atomic E-state index is -4.68. The van der Waals surface area contributed by atoms with Gasteiger partial charge in [-0.3, -0.25) is 4.79 Å². The second-order valence-corrected chi connectivity index (χ2v) is 8.10. The molecular weight excluding hydrogens is 455 g/mol. The first-order chi connectivity index (χ1) is 16.9. The summed E-state index contributed by atoms with van der Waals surface area (Å²) in [4.78, 5) is 13.1. The Kier molecular flexibility index (Phi) is 7.48. The number of rotatable bonds is 9. The molecule has 0 spiro atoms. The summed E-state index contributed by atoms with van der Waals surface area (Å²) >= 11 is 0. The van der Waals surface area contributed by atoms with Crippen molar-refractivity contribution in [3.05, 3.63) is 95.3 Å². The molecule has 0 saturated carbocycles. The van der Waals surface area contributed by atoms with Crippen molar-refractivity contribution in [1.82, 2.24) is 25.7 Å². The highest BCUT2D eigenvalue weighted by Gasteiger charge is 2.36. The fourth-order valence-corrected chi connectivity index (χ4v) is 3.84. The maximum atomic E-state index is 13.5. The molecule has 0 unspecified atom stereocenters. The highest BCUT2D eigenvalue weighted by atomic mass is 19.4. The first-order valence-corrected chi connectivity index (χ1v) is 11.2. The largest absolute Gasteiger partial charge is 0.435 e. The highest BCUT2D eigenvalue weighted by Crippen LogP contribution is 2.30. The van der Waals surface area contributed by atoms with Crippen LogP contribution in [0.15, 0.2) is 72.8 Å². The second-order valence-electron chi connectivity index (χ2n) is 8.10. The van der Waals surface area contributed by atoms with Crippen LogP contribution in [0.4, 0.5) is 13.2 Å². The number of alkyl halides is 3. The summed E-state index contributed by atoms with van der Waals surface area (Å²) in [5, 5.41) is 14.8. The number of halogens is 3. The fraction of sp³-hybridized carbons (Fsp3) is 0.231. The van der Waals surface area contributed by atoms with Crippen molar-refractivity contribution < 1.29 is 18.0 Å². The summed E-state index contributed by atoms with van der Waals surface area (Å²) in [5.41, 5.74) is 0.810. The highest BCUT2D eigenvalue weighted by molar-refractivity contribution is 5.94. The Morgan fingerprint density at radius 2 is 1.71 bits per heavy atom. The maximum Gasteiger partial charge on any atom is 0.435 e. The Bertz CT molecular complexity index is 1310. The third-order valence-corrected chi connectivity index (χ3v) is 5.59. The number of likely N-dealkylation sites (N-methyl/N-ethyl adjacent to an activating group) is 1. The van der Waals surface area contributed by atoms with Crippen molar-refractivity contribution in [2.24, 2.45) is 0 Å². The molecule has 0 bridgehead atoms. The molecular formula is C26H26F3N5O. The number of hydrogen-bond acceptors (Lipinski definition) is 4. The minimum absolute atomic E-state index is 0.169. The van der Waals surface area contributed by atoms with Crippen LogP contribution in [0.2, 0.25) is 0 Å². The van der Waals surface area contributed by atoms with Crippen molar-refractivity contribution in [1.29, 1.82) is 0 Å². The van der Waals surface area contributed by atoms with Gasteiger partial charge in [-0.2, -0.15) is 18.3 Å². The van der Waals surface area contributed by atoms with Crippen LogP contribution < -0.4 is 16.0 Å². The fourth-order valence-electron chi connectivity index (χ4n) is 3.84. The van der Waals surface area contributed by atoms with Crippen molar-refractivity contribution in [2.45, 2.75) is 19.3 Å². The third-order valence-electron chi connectivity index (χ3n) is 5.59. The number of amides is 1. The minimum Gasteiger partial charge on any atom is -0.347 e. The van der Waals surface area contributed by atoms with E-state index in [0.29, 0.717) is 12.2 Å². The van der Waals surface area contributed by atoms with E-state index in [1.807, 2.05) is 55.6 Å². The van der Waals surface area contributed by atoms with Crippen molar-refractivity contribution in [3.8, 4) is 5.69 Å². The van der Waals surface area contributed by atoms with Crippen molar-refractivity contribution in [3.63, 3.8) is 0 Å². The molecule has 1 heterocycles. The molecule has 0 fully saturated rings. The van der Waals surface area contributed by atoms with Crippen LogP contribution in [0.1, 0.15) is 27.3 Å². The van der Waals surface area contributed by atoms with Crippen LogP contribution in [0, 0.1) is 0 Å². The zero-order valence-electron chi connectivity index (χ0n) is 19.2. The van der Waals surface area contributed by atoms with Crippen molar-refractivity contribution in [2.75, 3.05) is 20.1 Å². The summed E-state index contributed by atoms with van der Waals surface area (Å²) in [5.74, 6) is -0.640. The molecule has 0 radical (unpaired) electrons. The molecule has 9 heteroatoms. The lowest BCUT2D eigenvalue weighted by atomic mass is 10.0. The number of benzene rings is 3. The Morgan fingerprint density at radius 1 is 0.943 bits per heavy atom. The third kappa shape index (κ3) is 5.87. The maximum absolute atomic E-state index is 13.5. The van der Waals surface area contributed by atoms with Gasteiger partial charge in [0.25, 0.3) is 5.91 Å². The lowest BCUT2D eigenvalue weighted by molar-refractivity contribution is -0.141. The Morgan fingerprint density at radius 3 is 2.51 bits per heavy atom. The molecule has 1 amide bonds. The standard InChI is InChI=1S/C26H26F3N5O/c1-30-12-13-31-16-18-6-4-10-21(14-18)34-23(15-24(33-34)26(27,28)29)25(35)32-17-20-9-5-8-19-7-2-3-11-22(19)20/h2-11,14-15,30-31H,12-13,16-17H2,1H3,(H,32,35). The van der Waals surface area contributed by atoms with Gasteiger partial charge in [-0.25, -0.2) is 4.68 Å². The summed E-state index contributed by atoms with van der Waals surface area (Å²) in [7, 11) is 1.85. The van der Waals surface area contributed by atoms with Crippen LogP contribution in [-0.2, 0) is 19.3 Å². The lowest BCUT2D eigenvalue weighted by Crippen LogP contribution is -2.26. The van der Waals surface area contributed by atoms with E-state index < -0.39 is 17.8 Å². The lowest BCUT2D eigenvalue weighted by Gasteiger charge is -2.11. The number of hydrogen-bond donors (Lipinski definition) is 3. The zero-order valence-corrected chi connectivity index (χ0v) is 19.2. The number of carbonyl (C=O) groups is 1. The van der Waals surface area contributed by atoms with Crippen molar-refractivity contribution >= 4 is 16.7 Å². The van der Waals surface area contributed by atoms with Crippen LogP contribution in [0.5, 0.6) is 0 Å². The predicted octanol–water partition coefficient (Wildman–Crippen LogP) is 4.28. The van der Waals surface area contributed by atoms with E-state index in [1.165, 1.54) is 0 Å². The number of fused-ring (bicyclic) bond motifs is 1. The smallest absolute Gasteiger partial charge is 0.347 e. The van der Waals surface area contributed by atoms with Crippen LogP contribution >= 0.6 is 0 Å². The van der Waals surface area contributed by atoms with Gasteiger partial charge in [0, 0.05) is 32.2 Å². The van der Waals surface area contributed by atoms with Crippen LogP contribution in [0.25, 0.3) is 16.5 Å². The van der Waals surface area contributed by atoms with E-state index in [0.717, 1.165) is 45.7 Å². The van der Waals surface area contributed by atoms with E-state index in [1.54, 1.807) is 18.2 Å². The zero-order chi connectivity index (χ0) is 24.8. The first-order valence-electron chi connectivity index (χ1n) is 11.2. The summed E-state index contributed by atoms with van der Waals surface area (Å²) in [6.07, 6.45) is -4.68. The van der Waals surface area contributed by atoms with E-state index in [9.17, 15) is 18.0 Å². The SMILES string of the molecule is CNCCNCc1cccc(-n2nc(C(F)(F)F)cc2C(=O)NCc2cccc3ccccc23)c1. The summed E-state index contributed by atoms with van der Waals surface area (Å²) in [6.45, 7) is 2.23. The topological polar surface area (TPSA) is 71.0 Å². The van der Waals surface area contributed by atoms with E-state index in [2.05, 4.69) is 21.0 Å². The van der Waals surface area contributed by atoms with Crippen LogP contribution in [0.3, 0.4) is 0 Å². The Labute approximate surface area is 201 Å². The quantitative estimate of drug-likeness (QED) is 0.312. The van der Waals surface area contributed by atoms with E-state index in [-0.39, 0.29) is 12.2 Å². The van der Waals surface area contributed by atoms with Crippen LogP contribution in [-0.4, -0.2) is 35.8 Å². The molecule has 35 heavy (non-hydrogen) atoms. The molecule has 4 rings (SSSR count). The molecule has 0 saturated heterocycles. The van der Waals surface area contributed by atoms with Gasteiger partial charge in [0.15, 0.2) is 5.69 Å². The van der Waals surface area contributed by atoms with Gasteiger partial charge in [0.05, 0.1) is 5.69 Å². The van der Waals surface area contributed by atoms with Gasteiger partial charge in [0.2, 0.25) is 0 Å². The monoisotopic (exact) mass is 481 g/mol. The van der Waals surface area contributed by atoms with Gasteiger partial charge >= 0.3 is 6.18 Å². The Balaban J connectivity index is 1.60. The molecule has 1 aromatic heterocycles. The molecule has 0 aliphatic rings. The molecule has 0 aliphatic carbocycles. The summed E-state index contributed by atoms with van der Waals surface area (Å²) in [6, 6.07) is 21.2. The molecule has 3 aromatic carbocycles. The normalized spacial score (nSPS) is 11.7. The number of nitrogens with one attached hydrogen (secondary N) is 3. The molecule has 6 nitrogen and oxygen atoms in total. The average molecular weight is 482 g/mol. The van der Waals surface area contributed by atoms with Gasteiger partial charge in [-0.15, -0.1) is 0 Å². The van der Waals surface area contributed by atoms with Gasteiger partial charge in [-0.1, -0.05) is 54.6 Å². The number of carbonyl (C=O) groups excluding carboxylic acids is 1. The molecule has 4 aromatic rings. The number of aromatic nitrogens is 2. The predicted molar refractivity (Wildman–Crippen MR) is 129 cm³/mol. The first kappa shape index (κ1) is 24.4. The summed E-state index contributed by atoms with van der Waals surface area (Å²) < 4.78 is 41.5.